The van der Waals surface area contributed by atoms with Gasteiger partial charge in [0.25, 0.3) is 0 Å². The molecule has 2 aromatic rings. The molecule has 1 aliphatic carbocycles. The highest BCUT2D eigenvalue weighted by molar-refractivity contribution is 5.87. The summed E-state index contributed by atoms with van der Waals surface area (Å²) in [7, 11) is 2.10. The van der Waals surface area contributed by atoms with E-state index in [1.54, 1.807) is 6.33 Å². The first-order chi connectivity index (χ1) is 12.0. The smallest absolute Gasteiger partial charge is 0.236 e. The Morgan fingerprint density at radius 2 is 2.40 bits per heavy atom. The maximum absolute atomic E-state index is 12.0. The van der Waals surface area contributed by atoms with Crippen LogP contribution in [0, 0.1) is 22.7 Å². The van der Waals surface area contributed by atoms with Crippen molar-refractivity contribution in [3.05, 3.63) is 18.6 Å². The van der Waals surface area contributed by atoms with Gasteiger partial charge in [0.15, 0.2) is 0 Å². The van der Waals surface area contributed by atoms with E-state index < -0.39 is 0 Å². The van der Waals surface area contributed by atoms with Gasteiger partial charge in [0.05, 0.1) is 11.5 Å². The van der Waals surface area contributed by atoms with Gasteiger partial charge in [-0.15, -0.1) is 0 Å². The topological polar surface area (TPSA) is 88.9 Å². The zero-order valence-electron chi connectivity index (χ0n) is 14.6. The van der Waals surface area contributed by atoms with Crippen LogP contribution >= 0.6 is 0 Å². The van der Waals surface area contributed by atoms with Crippen molar-refractivity contribution in [2.45, 2.75) is 32.2 Å². The highest BCUT2D eigenvalue weighted by atomic mass is 16.2. The van der Waals surface area contributed by atoms with Crippen molar-refractivity contribution in [2.75, 3.05) is 25.0 Å². The van der Waals surface area contributed by atoms with E-state index in [4.69, 9.17) is 5.26 Å². The van der Waals surface area contributed by atoms with Gasteiger partial charge in [-0.2, -0.15) is 5.26 Å². The Hall–Kier alpha value is -2.62. The van der Waals surface area contributed by atoms with Crippen LogP contribution in [0.15, 0.2) is 18.6 Å². The molecule has 0 aromatic carbocycles. The Morgan fingerprint density at radius 1 is 1.56 bits per heavy atom. The fraction of sp³-hybridized carbons (Fsp3) is 0.556. The number of aromatic amines is 1. The predicted octanol–water partition coefficient (Wildman–Crippen LogP) is 1.93. The van der Waals surface area contributed by atoms with Crippen molar-refractivity contribution in [1.82, 2.24) is 19.9 Å². The van der Waals surface area contributed by atoms with Crippen molar-refractivity contribution in [1.29, 1.82) is 5.26 Å². The van der Waals surface area contributed by atoms with Gasteiger partial charge in [-0.1, -0.05) is 6.92 Å². The molecule has 25 heavy (non-hydrogen) atoms. The lowest BCUT2D eigenvalue weighted by Crippen LogP contribution is -2.36. The Balaban J connectivity index is 1.52. The second-order valence-electron chi connectivity index (χ2n) is 7.60. The fourth-order valence-corrected chi connectivity index (χ4v) is 4.63. The molecule has 3 atom stereocenters. The van der Waals surface area contributed by atoms with Crippen LogP contribution in [0.1, 0.15) is 26.2 Å². The van der Waals surface area contributed by atoms with Gasteiger partial charge < -0.3 is 14.8 Å². The van der Waals surface area contributed by atoms with E-state index in [-0.39, 0.29) is 17.7 Å². The summed E-state index contributed by atoms with van der Waals surface area (Å²) in [6.45, 7) is 3.80. The lowest BCUT2D eigenvalue weighted by atomic mass is 9.83. The van der Waals surface area contributed by atoms with Crippen LogP contribution in [0.5, 0.6) is 0 Å². The summed E-state index contributed by atoms with van der Waals surface area (Å²) in [6.07, 6.45) is 5.54. The summed E-state index contributed by atoms with van der Waals surface area (Å²) >= 11 is 0. The summed E-state index contributed by atoms with van der Waals surface area (Å²) in [4.78, 5) is 28.1. The summed E-state index contributed by atoms with van der Waals surface area (Å²) in [5, 5.41) is 9.79. The van der Waals surface area contributed by atoms with Gasteiger partial charge in [-0.3, -0.25) is 4.79 Å². The third-order valence-electron chi connectivity index (χ3n) is 6.03. The van der Waals surface area contributed by atoms with Crippen molar-refractivity contribution in [2.24, 2.45) is 11.3 Å². The van der Waals surface area contributed by atoms with Crippen molar-refractivity contribution in [3.8, 4) is 6.07 Å². The summed E-state index contributed by atoms with van der Waals surface area (Å²) < 4.78 is 0. The number of fused-ring (bicyclic) bond motifs is 2. The molecule has 0 unspecified atom stereocenters. The summed E-state index contributed by atoms with van der Waals surface area (Å²) in [5.41, 5.74) is 0.975. The third-order valence-corrected chi connectivity index (χ3v) is 6.03. The largest absolute Gasteiger partial charge is 0.356 e. The van der Waals surface area contributed by atoms with Crippen molar-refractivity contribution in [3.63, 3.8) is 0 Å². The molecule has 1 saturated carbocycles. The highest BCUT2D eigenvalue weighted by Gasteiger charge is 2.51. The van der Waals surface area contributed by atoms with E-state index in [0.29, 0.717) is 12.0 Å². The normalized spacial score (nSPS) is 28.1. The van der Waals surface area contributed by atoms with Gasteiger partial charge in [0.2, 0.25) is 5.91 Å². The average molecular weight is 338 g/mol. The quantitative estimate of drug-likeness (QED) is 0.924. The van der Waals surface area contributed by atoms with E-state index in [1.165, 1.54) is 0 Å². The number of nitrogens with one attached hydrogen (secondary N) is 1. The van der Waals surface area contributed by atoms with Gasteiger partial charge in [0, 0.05) is 32.4 Å². The van der Waals surface area contributed by atoms with Crippen molar-refractivity contribution >= 4 is 22.8 Å². The molecule has 1 saturated heterocycles. The van der Waals surface area contributed by atoms with E-state index in [2.05, 4.69) is 33.8 Å². The first-order valence-electron chi connectivity index (χ1n) is 8.67. The summed E-state index contributed by atoms with van der Waals surface area (Å²) in [6, 6.07) is 4.38. The molecule has 1 aliphatic heterocycles. The van der Waals surface area contributed by atoms with Crippen LogP contribution < -0.4 is 4.90 Å². The van der Waals surface area contributed by atoms with E-state index >= 15 is 0 Å². The molecular weight excluding hydrogens is 316 g/mol. The molecule has 4 rings (SSSR count). The molecule has 1 amide bonds. The lowest BCUT2D eigenvalue weighted by Gasteiger charge is -2.29. The number of hydrogen-bond donors (Lipinski definition) is 1. The van der Waals surface area contributed by atoms with Crippen LogP contribution in [-0.4, -0.2) is 51.9 Å². The molecule has 2 aliphatic rings. The number of rotatable bonds is 3. The maximum Gasteiger partial charge on any atom is 0.236 e. The monoisotopic (exact) mass is 338 g/mol. The van der Waals surface area contributed by atoms with Crippen LogP contribution in [0.2, 0.25) is 0 Å². The molecule has 0 spiro atoms. The van der Waals surface area contributed by atoms with E-state index in [1.807, 2.05) is 23.2 Å². The number of nitrogens with zero attached hydrogens (tertiary/aromatic N) is 5. The molecule has 1 N–H and O–H groups in total. The third kappa shape index (κ3) is 2.53. The number of carbonyl (C=O) groups excluding carboxylic acids is 1. The molecule has 2 aromatic heterocycles. The van der Waals surface area contributed by atoms with Gasteiger partial charge >= 0.3 is 0 Å². The summed E-state index contributed by atoms with van der Waals surface area (Å²) in [5.74, 6) is 1.40. The average Bonchev–Trinajstić information content (AvgIpc) is 3.25. The Bertz CT molecular complexity index is 855. The zero-order chi connectivity index (χ0) is 17.6. The molecule has 2 fully saturated rings. The fourth-order valence-electron chi connectivity index (χ4n) is 4.63. The maximum atomic E-state index is 12.0. The lowest BCUT2D eigenvalue weighted by molar-refractivity contribution is -0.129. The first kappa shape index (κ1) is 15.9. The minimum absolute atomic E-state index is 0.0153. The number of carbonyl (C=O) groups is 1. The number of aromatic nitrogens is 3. The zero-order valence-corrected chi connectivity index (χ0v) is 14.6. The van der Waals surface area contributed by atoms with Gasteiger partial charge in [-0.05, 0) is 30.2 Å². The molecule has 7 nitrogen and oxygen atoms in total. The molecule has 0 radical (unpaired) electrons. The number of nitriles is 1. The number of likely N-dealkylation sites (tertiary alicyclic amines) is 1. The Labute approximate surface area is 146 Å². The minimum atomic E-state index is -0.0344. The number of H-pyrrole nitrogens is 1. The predicted molar refractivity (Wildman–Crippen MR) is 93.7 cm³/mol. The SMILES string of the molecule is CN(c1ncnc2[nH]ccc12)[C@@H]1C[C@@H]2CN(C(=O)CC#N)C[C@]2(C)C1. The molecule has 0 bridgehead atoms. The second-order valence-corrected chi connectivity index (χ2v) is 7.60. The molecule has 130 valence electrons. The first-order valence-corrected chi connectivity index (χ1v) is 8.67. The Kier molecular flexibility index (Phi) is 3.64. The van der Waals surface area contributed by atoms with E-state index in [9.17, 15) is 4.79 Å². The van der Waals surface area contributed by atoms with Crippen molar-refractivity contribution < 1.29 is 4.79 Å². The molecule has 3 heterocycles. The van der Waals surface area contributed by atoms with Crippen LogP contribution in [0.4, 0.5) is 5.82 Å². The minimum Gasteiger partial charge on any atom is -0.356 e. The number of amides is 1. The van der Waals surface area contributed by atoms with E-state index in [0.717, 1.165) is 42.8 Å². The molecular formula is C18H22N6O. The number of hydrogen-bond acceptors (Lipinski definition) is 5. The van der Waals surface area contributed by atoms with Gasteiger partial charge in [-0.25, -0.2) is 9.97 Å². The highest BCUT2D eigenvalue weighted by Crippen LogP contribution is 2.50. The van der Waals surface area contributed by atoms with Crippen LogP contribution in [0.3, 0.4) is 0 Å². The molecule has 7 heteroatoms. The van der Waals surface area contributed by atoms with Gasteiger partial charge in [0.1, 0.15) is 24.2 Å². The van der Waals surface area contributed by atoms with Crippen LogP contribution in [-0.2, 0) is 4.79 Å². The number of anilines is 1. The second kappa shape index (κ2) is 5.73. The Morgan fingerprint density at radius 3 is 3.16 bits per heavy atom. The van der Waals surface area contributed by atoms with Crippen LogP contribution in [0.25, 0.3) is 11.0 Å². The standard InChI is InChI=1S/C18H22N6O/c1-18-8-13(7-12(18)9-24(10-18)15(25)3-5-19)23(2)17-14-4-6-20-16(14)21-11-22-17/h4,6,11-13H,3,7-10H2,1-2H3,(H,20,21,22)/t12-,13-,18+/m1/s1.